The molecule has 6 heteroatoms. The number of nitrogens with zero attached hydrogens (tertiary/aromatic N) is 3. The largest absolute Gasteiger partial charge is 0.350 e. The molecule has 5 nitrogen and oxygen atoms in total. The fourth-order valence-electron chi connectivity index (χ4n) is 2.51. The van der Waals surface area contributed by atoms with E-state index in [1.165, 1.54) is 0 Å². The second-order valence-electron chi connectivity index (χ2n) is 5.68. The van der Waals surface area contributed by atoms with E-state index >= 15 is 0 Å². The highest BCUT2D eigenvalue weighted by Gasteiger charge is 2.11. The maximum Gasteiger partial charge on any atom is 0.242 e. The van der Waals surface area contributed by atoms with Crippen molar-refractivity contribution in [3.05, 3.63) is 70.2 Å². The summed E-state index contributed by atoms with van der Waals surface area (Å²) in [5, 5.41) is 7.29. The number of hydrogen-bond donors (Lipinski definition) is 1. The zero-order chi connectivity index (χ0) is 17.1. The van der Waals surface area contributed by atoms with Crippen LogP contribution in [0.5, 0.6) is 0 Å². The van der Waals surface area contributed by atoms with Crippen LogP contribution in [-0.4, -0.2) is 20.3 Å². The molecule has 3 aromatic rings. The topological polar surface area (TPSA) is 51.9 Å². The third kappa shape index (κ3) is 3.59. The molecule has 0 radical (unpaired) electrons. The molecule has 0 atom stereocenters. The highest BCUT2D eigenvalue weighted by molar-refractivity contribution is 9.10. The van der Waals surface area contributed by atoms with Crippen molar-refractivity contribution in [3.8, 4) is 5.69 Å². The van der Waals surface area contributed by atoms with Crippen LogP contribution < -0.4 is 5.32 Å². The van der Waals surface area contributed by atoms with E-state index in [2.05, 4.69) is 26.3 Å². The van der Waals surface area contributed by atoms with Gasteiger partial charge in [0.05, 0.1) is 15.9 Å². The minimum atomic E-state index is -0.0532. The highest BCUT2D eigenvalue weighted by atomic mass is 79.9. The number of carbonyl (C=O) groups excluding carboxylic acids is 1. The number of hydrogen-bond acceptors (Lipinski definition) is 2. The number of rotatable bonds is 5. The zero-order valence-corrected chi connectivity index (χ0v) is 15.2. The Morgan fingerprint density at radius 3 is 2.42 bits per heavy atom. The average molecular weight is 387 g/mol. The Kier molecular flexibility index (Phi) is 4.85. The summed E-state index contributed by atoms with van der Waals surface area (Å²) in [5.74, 6) is -0.0532. The van der Waals surface area contributed by atoms with Crippen LogP contribution in [0.15, 0.2) is 53.3 Å². The van der Waals surface area contributed by atoms with Crippen molar-refractivity contribution >= 4 is 21.8 Å². The Morgan fingerprint density at radius 2 is 1.83 bits per heavy atom. The second-order valence-corrected chi connectivity index (χ2v) is 6.47. The van der Waals surface area contributed by atoms with Crippen LogP contribution in [0.25, 0.3) is 5.69 Å². The summed E-state index contributed by atoms with van der Waals surface area (Å²) in [6.07, 6.45) is 4.01. The third-order valence-electron chi connectivity index (χ3n) is 3.92. The summed E-state index contributed by atoms with van der Waals surface area (Å²) < 4.78 is 4.71. The van der Waals surface area contributed by atoms with E-state index in [1.54, 1.807) is 4.68 Å². The van der Waals surface area contributed by atoms with Gasteiger partial charge in [-0.05, 0) is 59.6 Å². The minimum absolute atomic E-state index is 0.0532. The van der Waals surface area contributed by atoms with Gasteiger partial charge in [0.2, 0.25) is 5.91 Å². The van der Waals surface area contributed by atoms with Crippen LogP contribution in [0.3, 0.4) is 0 Å². The van der Waals surface area contributed by atoms with Crippen LogP contribution in [0, 0.1) is 13.8 Å². The van der Waals surface area contributed by atoms with Gasteiger partial charge in [-0.25, -0.2) is 0 Å². The van der Waals surface area contributed by atoms with Crippen molar-refractivity contribution in [3.63, 3.8) is 0 Å². The summed E-state index contributed by atoms with van der Waals surface area (Å²) in [7, 11) is 0. The molecule has 0 aliphatic heterocycles. The first-order chi connectivity index (χ1) is 11.5. The lowest BCUT2D eigenvalue weighted by atomic mass is 10.2. The monoisotopic (exact) mass is 386 g/mol. The van der Waals surface area contributed by atoms with Crippen molar-refractivity contribution in [1.29, 1.82) is 0 Å². The lowest BCUT2D eigenvalue weighted by Crippen LogP contribution is -2.28. The van der Waals surface area contributed by atoms with Gasteiger partial charge >= 0.3 is 0 Å². The first kappa shape index (κ1) is 16.5. The third-order valence-corrected chi connectivity index (χ3v) is 5.06. The van der Waals surface area contributed by atoms with E-state index in [1.807, 2.05) is 67.2 Å². The van der Waals surface area contributed by atoms with Gasteiger partial charge in [-0.15, -0.1) is 0 Å². The Balaban J connectivity index is 1.57. The Labute approximate surface area is 149 Å². The molecule has 3 rings (SSSR count). The van der Waals surface area contributed by atoms with E-state index in [0.717, 1.165) is 27.1 Å². The maximum atomic E-state index is 12.1. The van der Waals surface area contributed by atoms with Crippen molar-refractivity contribution in [2.75, 3.05) is 0 Å². The van der Waals surface area contributed by atoms with Gasteiger partial charge in [0.15, 0.2) is 0 Å². The molecule has 1 aromatic carbocycles. The van der Waals surface area contributed by atoms with Crippen molar-refractivity contribution in [1.82, 2.24) is 19.7 Å². The molecule has 2 aromatic heterocycles. The summed E-state index contributed by atoms with van der Waals surface area (Å²) in [6, 6.07) is 12.1. The van der Waals surface area contributed by atoms with Gasteiger partial charge in [-0.1, -0.05) is 12.1 Å². The van der Waals surface area contributed by atoms with E-state index < -0.39 is 0 Å². The van der Waals surface area contributed by atoms with Gasteiger partial charge in [0.25, 0.3) is 0 Å². The molecule has 0 saturated carbocycles. The van der Waals surface area contributed by atoms with E-state index in [0.29, 0.717) is 6.54 Å². The SMILES string of the molecule is Cc1nn(CC(=O)NCc2ccc(-n3cccc3)cc2)c(C)c1Br. The van der Waals surface area contributed by atoms with Gasteiger partial charge in [-0.3, -0.25) is 9.48 Å². The molecule has 0 unspecified atom stereocenters. The van der Waals surface area contributed by atoms with Crippen molar-refractivity contribution in [2.45, 2.75) is 26.9 Å². The van der Waals surface area contributed by atoms with E-state index in [9.17, 15) is 4.79 Å². The zero-order valence-electron chi connectivity index (χ0n) is 13.7. The fraction of sp³-hybridized carbons (Fsp3) is 0.222. The highest BCUT2D eigenvalue weighted by Crippen LogP contribution is 2.19. The standard InChI is InChI=1S/C18H19BrN4O/c1-13-18(19)14(2)23(21-13)12-17(24)20-11-15-5-7-16(8-6-15)22-9-3-4-10-22/h3-10H,11-12H2,1-2H3,(H,20,24). The summed E-state index contributed by atoms with van der Waals surface area (Å²) in [4.78, 5) is 12.1. The Hall–Kier alpha value is -2.34. The molecule has 0 aliphatic rings. The normalized spacial score (nSPS) is 10.8. The summed E-state index contributed by atoms with van der Waals surface area (Å²) in [5.41, 5.74) is 4.01. The fourth-order valence-corrected chi connectivity index (χ4v) is 2.80. The number of aryl methyl sites for hydroxylation is 1. The number of amides is 1. The number of benzene rings is 1. The Morgan fingerprint density at radius 1 is 1.17 bits per heavy atom. The van der Waals surface area contributed by atoms with Crippen molar-refractivity contribution < 1.29 is 4.79 Å². The Bertz CT molecular complexity index is 835. The molecule has 0 fully saturated rings. The van der Waals surface area contributed by atoms with Crippen LogP contribution in [0.4, 0.5) is 0 Å². The van der Waals surface area contributed by atoms with Crippen LogP contribution in [0.1, 0.15) is 17.0 Å². The lowest BCUT2D eigenvalue weighted by Gasteiger charge is -2.08. The minimum Gasteiger partial charge on any atom is -0.350 e. The molecular formula is C18H19BrN4O. The van der Waals surface area contributed by atoms with E-state index in [4.69, 9.17) is 0 Å². The molecule has 24 heavy (non-hydrogen) atoms. The molecular weight excluding hydrogens is 368 g/mol. The predicted molar refractivity (Wildman–Crippen MR) is 97.0 cm³/mol. The molecule has 0 spiro atoms. The van der Waals surface area contributed by atoms with E-state index in [-0.39, 0.29) is 12.5 Å². The lowest BCUT2D eigenvalue weighted by molar-refractivity contribution is -0.122. The molecule has 2 heterocycles. The molecule has 124 valence electrons. The van der Waals surface area contributed by atoms with Crippen LogP contribution >= 0.6 is 15.9 Å². The van der Waals surface area contributed by atoms with Crippen molar-refractivity contribution in [2.24, 2.45) is 0 Å². The average Bonchev–Trinajstić information content (AvgIpc) is 3.19. The first-order valence-electron chi connectivity index (χ1n) is 7.73. The first-order valence-corrected chi connectivity index (χ1v) is 8.52. The molecule has 0 aliphatic carbocycles. The molecule has 1 amide bonds. The number of carbonyl (C=O) groups is 1. The second kappa shape index (κ2) is 7.05. The summed E-state index contributed by atoms with van der Waals surface area (Å²) in [6.45, 7) is 4.58. The maximum absolute atomic E-state index is 12.1. The molecule has 0 saturated heterocycles. The quantitative estimate of drug-likeness (QED) is 0.730. The molecule has 1 N–H and O–H groups in total. The van der Waals surface area contributed by atoms with Crippen LogP contribution in [0.2, 0.25) is 0 Å². The van der Waals surface area contributed by atoms with Gasteiger partial charge in [0.1, 0.15) is 6.54 Å². The number of nitrogens with one attached hydrogen (secondary N) is 1. The van der Waals surface area contributed by atoms with Crippen LogP contribution in [-0.2, 0) is 17.9 Å². The molecule has 0 bridgehead atoms. The smallest absolute Gasteiger partial charge is 0.242 e. The van der Waals surface area contributed by atoms with Gasteiger partial charge in [0, 0.05) is 24.6 Å². The number of halogens is 1. The summed E-state index contributed by atoms with van der Waals surface area (Å²) >= 11 is 3.47. The number of aromatic nitrogens is 3. The predicted octanol–water partition coefficient (Wildman–Crippen LogP) is 3.37. The van der Waals surface area contributed by atoms with Gasteiger partial charge < -0.3 is 9.88 Å². The van der Waals surface area contributed by atoms with Gasteiger partial charge in [-0.2, -0.15) is 5.10 Å².